The number of ether oxygens (including phenoxy) is 2. The molecule has 0 aliphatic heterocycles. The van der Waals surface area contributed by atoms with Crippen LogP contribution < -0.4 is 14.8 Å². The van der Waals surface area contributed by atoms with E-state index in [0.717, 1.165) is 17.1 Å². The van der Waals surface area contributed by atoms with E-state index in [1.54, 1.807) is 18.2 Å². The molecule has 2 rings (SSSR count). The monoisotopic (exact) mass is 356 g/mol. The van der Waals surface area contributed by atoms with Gasteiger partial charge in [0.1, 0.15) is 11.5 Å². The van der Waals surface area contributed by atoms with E-state index in [2.05, 4.69) is 11.4 Å². The number of carbonyl (C=O) groups excluding carboxylic acids is 1. The van der Waals surface area contributed by atoms with Gasteiger partial charge >= 0.3 is 0 Å². The van der Waals surface area contributed by atoms with Crippen molar-refractivity contribution in [2.24, 2.45) is 0 Å². The summed E-state index contributed by atoms with van der Waals surface area (Å²) in [6.45, 7) is 6.10. The van der Waals surface area contributed by atoms with Gasteiger partial charge in [0.2, 0.25) is 5.91 Å². The van der Waals surface area contributed by atoms with Crippen molar-refractivity contribution in [2.75, 3.05) is 13.7 Å². The Morgan fingerprint density at radius 2 is 2.08 bits per heavy atom. The second kappa shape index (κ2) is 8.95. The molecule has 1 N–H and O–H groups in total. The van der Waals surface area contributed by atoms with Crippen LogP contribution in [0, 0.1) is 25.2 Å². The molecule has 1 aromatic carbocycles. The molecule has 0 radical (unpaired) electrons. The van der Waals surface area contributed by atoms with E-state index >= 15 is 0 Å². The van der Waals surface area contributed by atoms with Crippen LogP contribution in [-0.2, 0) is 4.79 Å². The van der Waals surface area contributed by atoms with Crippen LogP contribution in [0.15, 0.2) is 28.7 Å². The van der Waals surface area contributed by atoms with E-state index in [9.17, 15) is 4.79 Å². The highest BCUT2D eigenvalue weighted by molar-refractivity contribution is 5.76. The fourth-order valence-electron chi connectivity index (χ4n) is 2.74. The number of nitrogens with zero attached hydrogens (tertiary/aromatic N) is 1. The standard InChI is InChI=1S/C20H24N2O4/c1-13-10-17(15(3)26-13)14(2)22-20(23)6-5-9-25-18-8-7-16(12-21)11-19(18)24-4/h7-8,10-11,14H,5-6,9H2,1-4H3,(H,22,23). The Bertz CT molecular complexity index is 805. The summed E-state index contributed by atoms with van der Waals surface area (Å²) in [5.41, 5.74) is 1.50. The lowest BCUT2D eigenvalue weighted by Gasteiger charge is -2.14. The van der Waals surface area contributed by atoms with Gasteiger partial charge < -0.3 is 19.2 Å². The van der Waals surface area contributed by atoms with Gasteiger partial charge in [0.25, 0.3) is 0 Å². The van der Waals surface area contributed by atoms with Gasteiger partial charge in [-0.15, -0.1) is 0 Å². The molecule has 2 aromatic rings. The number of furan rings is 1. The summed E-state index contributed by atoms with van der Waals surface area (Å²) >= 11 is 0. The number of rotatable bonds is 8. The second-order valence-corrected chi connectivity index (χ2v) is 6.09. The van der Waals surface area contributed by atoms with E-state index in [-0.39, 0.29) is 11.9 Å². The zero-order valence-electron chi connectivity index (χ0n) is 15.6. The van der Waals surface area contributed by atoms with Gasteiger partial charge in [-0.1, -0.05) is 0 Å². The Balaban J connectivity index is 1.78. The minimum Gasteiger partial charge on any atom is -0.493 e. The molecule has 1 unspecified atom stereocenters. The van der Waals surface area contributed by atoms with Crippen LogP contribution in [0.1, 0.15) is 48.5 Å². The van der Waals surface area contributed by atoms with Crippen molar-refractivity contribution in [3.05, 3.63) is 46.9 Å². The molecular weight excluding hydrogens is 332 g/mol. The molecule has 0 saturated carbocycles. The van der Waals surface area contributed by atoms with E-state index in [1.165, 1.54) is 7.11 Å². The highest BCUT2D eigenvalue weighted by Gasteiger charge is 2.15. The van der Waals surface area contributed by atoms with Gasteiger partial charge in [-0.05, 0) is 45.4 Å². The highest BCUT2D eigenvalue weighted by Crippen LogP contribution is 2.28. The maximum atomic E-state index is 12.1. The first-order chi connectivity index (χ1) is 12.4. The van der Waals surface area contributed by atoms with Crippen LogP contribution in [0.25, 0.3) is 0 Å². The van der Waals surface area contributed by atoms with Crippen LogP contribution >= 0.6 is 0 Å². The highest BCUT2D eigenvalue weighted by atomic mass is 16.5. The number of aryl methyl sites for hydroxylation is 2. The van der Waals surface area contributed by atoms with Crippen molar-refractivity contribution in [3.63, 3.8) is 0 Å². The SMILES string of the molecule is COc1cc(C#N)ccc1OCCCC(=O)NC(C)c1cc(C)oc1C. The fourth-order valence-corrected chi connectivity index (χ4v) is 2.74. The average Bonchev–Trinajstić information content (AvgIpc) is 2.97. The van der Waals surface area contributed by atoms with Crippen molar-refractivity contribution >= 4 is 5.91 Å². The summed E-state index contributed by atoms with van der Waals surface area (Å²) in [7, 11) is 1.53. The molecule has 6 nitrogen and oxygen atoms in total. The second-order valence-electron chi connectivity index (χ2n) is 6.09. The van der Waals surface area contributed by atoms with Crippen LogP contribution in [0.2, 0.25) is 0 Å². The van der Waals surface area contributed by atoms with Crippen molar-refractivity contribution in [3.8, 4) is 17.6 Å². The third-order valence-electron chi connectivity index (χ3n) is 4.02. The number of nitriles is 1. The number of benzene rings is 1. The lowest BCUT2D eigenvalue weighted by Crippen LogP contribution is -2.26. The zero-order valence-corrected chi connectivity index (χ0v) is 15.6. The molecule has 0 saturated heterocycles. The lowest BCUT2D eigenvalue weighted by molar-refractivity contribution is -0.121. The van der Waals surface area contributed by atoms with Crippen LogP contribution in [0.4, 0.5) is 0 Å². The fraction of sp³-hybridized carbons (Fsp3) is 0.400. The third-order valence-corrected chi connectivity index (χ3v) is 4.02. The first-order valence-corrected chi connectivity index (χ1v) is 8.51. The molecule has 0 bridgehead atoms. The average molecular weight is 356 g/mol. The van der Waals surface area contributed by atoms with Crippen molar-refractivity contribution in [2.45, 2.75) is 39.7 Å². The van der Waals surface area contributed by atoms with Gasteiger partial charge in [0, 0.05) is 18.1 Å². The number of methoxy groups -OCH3 is 1. The summed E-state index contributed by atoms with van der Waals surface area (Å²) in [6, 6.07) is 8.89. The maximum absolute atomic E-state index is 12.1. The molecule has 1 aromatic heterocycles. The number of hydrogen-bond acceptors (Lipinski definition) is 5. The molecule has 0 aliphatic rings. The number of amides is 1. The Morgan fingerprint density at radius 1 is 1.31 bits per heavy atom. The molecular formula is C20H24N2O4. The van der Waals surface area contributed by atoms with E-state index in [4.69, 9.17) is 19.2 Å². The number of nitrogens with one attached hydrogen (secondary N) is 1. The van der Waals surface area contributed by atoms with Gasteiger partial charge in [-0.3, -0.25) is 4.79 Å². The molecule has 6 heteroatoms. The Labute approximate surface area is 153 Å². The predicted molar refractivity (Wildman–Crippen MR) is 97.2 cm³/mol. The van der Waals surface area contributed by atoms with Gasteiger partial charge in [-0.25, -0.2) is 0 Å². The summed E-state index contributed by atoms with van der Waals surface area (Å²) in [5, 5.41) is 11.9. The molecule has 26 heavy (non-hydrogen) atoms. The topological polar surface area (TPSA) is 84.5 Å². The lowest BCUT2D eigenvalue weighted by atomic mass is 10.1. The van der Waals surface area contributed by atoms with Crippen LogP contribution in [0.3, 0.4) is 0 Å². The Morgan fingerprint density at radius 3 is 2.69 bits per heavy atom. The normalized spacial score (nSPS) is 11.5. The third kappa shape index (κ3) is 5.03. The maximum Gasteiger partial charge on any atom is 0.220 e. The Kier molecular flexibility index (Phi) is 6.67. The minimum atomic E-state index is -0.0977. The number of carbonyl (C=O) groups is 1. The van der Waals surface area contributed by atoms with Crippen molar-refractivity contribution < 1.29 is 18.7 Å². The molecule has 1 heterocycles. The van der Waals surface area contributed by atoms with Crippen LogP contribution in [0.5, 0.6) is 11.5 Å². The van der Waals surface area contributed by atoms with Gasteiger partial charge in [0.15, 0.2) is 11.5 Å². The summed E-state index contributed by atoms with van der Waals surface area (Å²) in [5.74, 6) is 2.69. The Hall–Kier alpha value is -2.94. The van der Waals surface area contributed by atoms with E-state index in [1.807, 2.05) is 26.8 Å². The van der Waals surface area contributed by atoms with Gasteiger partial charge in [0.05, 0.1) is 31.4 Å². The zero-order chi connectivity index (χ0) is 19.1. The summed E-state index contributed by atoms with van der Waals surface area (Å²) in [6.07, 6.45) is 0.934. The molecule has 0 spiro atoms. The molecule has 0 fully saturated rings. The summed E-state index contributed by atoms with van der Waals surface area (Å²) in [4.78, 5) is 12.1. The van der Waals surface area contributed by atoms with E-state index < -0.39 is 0 Å². The first kappa shape index (κ1) is 19.4. The van der Waals surface area contributed by atoms with Crippen LogP contribution in [-0.4, -0.2) is 19.6 Å². The van der Waals surface area contributed by atoms with E-state index in [0.29, 0.717) is 36.5 Å². The smallest absolute Gasteiger partial charge is 0.220 e. The van der Waals surface area contributed by atoms with Crippen molar-refractivity contribution in [1.82, 2.24) is 5.32 Å². The molecule has 1 atom stereocenters. The summed E-state index contributed by atoms with van der Waals surface area (Å²) < 4.78 is 16.4. The largest absolute Gasteiger partial charge is 0.493 e. The van der Waals surface area contributed by atoms with Gasteiger partial charge in [-0.2, -0.15) is 5.26 Å². The van der Waals surface area contributed by atoms with Crippen molar-refractivity contribution in [1.29, 1.82) is 5.26 Å². The molecule has 0 aliphatic carbocycles. The quantitative estimate of drug-likeness (QED) is 0.727. The molecule has 138 valence electrons. The predicted octanol–water partition coefficient (Wildman–Crippen LogP) is 3.81. The number of hydrogen-bond donors (Lipinski definition) is 1. The minimum absolute atomic E-state index is 0.0360. The first-order valence-electron chi connectivity index (χ1n) is 8.51. The molecule has 1 amide bonds.